The molecule has 0 saturated heterocycles. The van der Waals surface area contributed by atoms with Crippen LogP contribution in [0.1, 0.15) is 41.6 Å². The Morgan fingerprint density at radius 3 is 2.71 bits per heavy atom. The molecule has 1 amide bonds. The zero-order valence-corrected chi connectivity index (χ0v) is 9.79. The van der Waals surface area contributed by atoms with Gasteiger partial charge in [-0.3, -0.25) is 4.79 Å². The molecule has 3 nitrogen and oxygen atoms in total. The Labute approximate surface area is 99.7 Å². The minimum absolute atomic E-state index is 0.00667. The van der Waals surface area contributed by atoms with Gasteiger partial charge in [0.1, 0.15) is 11.6 Å². The first kappa shape index (κ1) is 11.9. The van der Waals surface area contributed by atoms with Crippen molar-refractivity contribution in [1.29, 1.82) is 0 Å². The Morgan fingerprint density at radius 1 is 1.41 bits per heavy atom. The van der Waals surface area contributed by atoms with Crippen LogP contribution in [0.25, 0.3) is 0 Å². The number of aromatic hydroxyl groups is 1. The molecule has 2 rings (SSSR count). The molecular formula is C13H16FNO2. The summed E-state index contributed by atoms with van der Waals surface area (Å²) in [6, 6.07) is 2.53. The zero-order chi connectivity index (χ0) is 12.4. The number of rotatable bonds is 2. The molecule has 17 heavy (non-hydrogen) atoms. The highest BCUT2D eigenvalue weighted by Crippen LogP contribution is 2.22. The van der Waals surface area contributed by atoms with Gasteiger partial charge in [-0.25, -0.2) is 4.39 Å². The number of carbonyl (C=O) groups excluding carboxylic acids is 1. The molecule has 0 aromatic heterocycles. The van der Waals surface area contributed by atoms with Crippen molar-refractivity contribution < 1.29 is 14.3 Å². The van der Waals surface area contributed by atoms with E-state index in [-0.39, 0.29) is 17.4 Å². The van der Waals surface area contributed by atoms with Gasteiger partial charge in [0.25, 0.3) is 5.91 Å². The Bertz CT molecular complexity index is 439. The first-order chi connectivity index (χ1) is 8.08. The SMILES string of the molecule is Cc1cc(C(=O)NC2CCCC2)c(F)cc1O. The molecule has 1 aliphatic carbocycles. The summed E-state index contributed by atoms with van der Waals surface area (Å²) < 4.78 is 13.5. The number of hydrogen-bond acceptors (Lipinski definition) is 2. The van der Waals surface area contributed by atoms with Crippen LogP contribution in [-0.4, -0.2) is 17.1 Å². The second-order valence-corrected chi connectivity index (χ2v) is 4.57. The van der Waals surface area contributed by atoms with Crippen molar-refractivity contribution >= 4 is 5.91 Å². The minimum atomic E-state index is -0.677. The fourth-order valence-electron chi connectivity index (χ4n) is 2.18. The highest BCUT2D eigenvalue weighted by Gasteiger charge is 2.20. The van der Waals surface area contributed by atoms with E-state index in [1.54, 1.807) is 6.92 Å². The third-order valence-corrected chi connectivity index (χ3v) is 3.22. The number of phenols is 1. The molecule has 1 aliphatic rings. The number of benzene rings is 1. The van der Waals surface area contributed by atoms with E-state index in [0.717, 1.165) is 31.7 Å². The van der Waals surface area contributed by atoms with Crippen molar-refractivity contribution in [2.24, 2.45) is 0 Å². The van der Waals surface area contributed by atoms with Gasteiger partial charge >= 0.3 is 0 Å². The second kappa shape index (κ2) is 4.73. The van der Waals surface area contributed by atoms with Crippen LogP contribution in [0.2, 0.25) is 0 Å². The van der Waals surface area contributed by atoms with Gasteiger partial charge in [0.2, 0.25) is 0 Å². The van der Waals surface area contributed by atoms with Crippen molar-refractivity contribution in [3.8, 4) is 5.75 Å². The quantitative estimate of drug-likeness (QED) is 0.830. The van der Waals surface area contributed by atoms with E-state index in [4.69, 9.17) is 0 Å². The molecule has 0 spiro atoms. The summed E-state index contributed by atoms with van der Waals surface area (Å²) in [6.45, 7) is 1.64. The van der Waals surface area contributed by atoms with Crippen molar-refractivity contribution in [3.05, 3.63) is 29.1 Å². The summed E-state index contributed by atoms with van der Waals surface area (Å²) in [5, 5.41) is 12.1. The highest BCUT2D eigenvalue weighted by molar-refractivity contribution is 5.95. The number of phenolic OH excluding ortho intramolecular Hbond substituents is 1. The molecule has 0 radical (unpaired) electrons. The number of amides is 1. The fraction of sp³-hybridized carbons (Fsp3) is 0.462. The topological polar surface area (TPSA) is 49.3 Å². The van der Waals surface area contributed by atoms with Gasteiger partial charge < -0.3 is 10.4 Å². The van der Waals surface area contributed by atoms with Crippen LogP contribution in [-0.2, 0) is 0 Å². The molecule has 1 aromatic rings. The van der Waals surface area contributed by atoms with Crippen molar-refractivity contribution in [2.75, 3.05) is 0 Å². The molecule has 0 bridgehead atoms. The van der Waals surface area contributed by atoms with Crippen LogP contribution in [0.3, 0.4) is 0 Å². The van der Waals surface area contributed by atoms with Gasteiger partial charge in [0.05, 0.1) is 5.56 Å². The first-order valence-corrected chi connectivity index (χ1v) is 5.88. The van der Waals surface area contributed by atoms with Gasteiger partial charge in [0, 0.05) is 12.1 Å². The van der Waals surface area contributed by atoms with E-state index in [2.05, 4.69) is 5.32 Å². The Kier molecular flexibility index (Phi) is 3.31. The summed E-state index contributed by atoms with van der Waals surface area (Å²) in [6.07, 6.45) is 4.15. The number of carbonyl (C=O) groups is 1. The van der Waals surface area contributed by atoms with E-state index in [0.29, 0.717) is 5.56 Å². The lowest BCUT2D eigenvalue weighted by atomic mass is 10.1. The first-order valence-electron chi connectivity index (χ1n) is 5.88. The average molecular weight is 237 g/mol. The van der Waals surface area contributed by atoms with Crippen molar-refractivity contribution in [1.82, 2.24) is 5.32 Å². The number of nitrogens with one attached hydrogen (secondary N) is 1. The van der Waals surface area contributed by atoms with Crippen molar-refractivity contribution in [3.63, 3.8) is 0 Å². The third-order valence-electron chi connectivity index (χ3n) is 3.22. The predicted molar refractivity (Wildman–Crippen MR) is 62.5 cm³/mol. The summed E-state index contributed by atoms with van der Waals surface area (Å²) in [7, 11) is 0. The number of aryl methyl sites for hydroxylation is 1. The van der Waals surface area contributed by atoms with E-state index in [1.165, 1.54) is 6.07 Å². The molecule has 2 N–H and O–H groups in total. The lowest BCUT2D eigenvalue weighted by molar-refractivity contribution is 0.0933. The van der Waals surface area contributed by atoms with Crippen molar-refractivity contribution in [2.45, 2.75) is 38.6 Å². The van der Waals surface area contributed by atoms with Crippen LogP contribution >= 0.6 is 0 Å². The predicted octanol–water partition coefficient (Wildman–Crippen LogP) is 2.51. The number of halogens is 1. The van der Waals surface area contributed by atoms with Crippen LogP contribution in [0.15, 0.2) is 12.1 Å². The van der Waals surface area contributed by atoms with Gasteiger partial charge in [-0.2, -0.15) is 0 Å². The molecule has 1 saturated carbocycles. The van der Waals surface area contributed by atoms with Crippen LogP contribution in [0.4, 0.5) is 4.39 Å². The molecule has 1 aromatic carbocycles. The largest absolute Gasteiger partial charge is 0.508 e. The lowest BCUT2D eigenvalue weighted by Crippen LogP contribution is -2.33. The third kappa shape index (κ3) is 2.57. The highest BCUT2D eigenvalue weighted by atomic mass is 19.1. The summed E-state index contributed by atoms with van der Waals surface area (Å²) in [4.78, 5) is 11.9. The fourth-order valence-corrected chi connectivity index (χ4v) is 2.18. The van der Waals surface area contributed by atoms with E-state index in [9.17, 15) is 14.3 Å². The minimum Gasteiger partial charge on any atom is -0.508 e. The monoisotopic (exact) mass is 237 g/mol. The van der Waals surface area contributed by atoms with Gasteiger partial charge in [-0.1, -0.05) is 12.8 Å². The Balaban J connectivity index is 2.15. The molecular weight excluding hydrogens is 221 g/mol. The Hall–Kier alpha value is -1.58. The molecule has 0 unspecified atom stereocenters. The normalized spacial score (nSPS) is 16.1. The summed E-state index contributed by atoms with van der Waals surface area (Å²) in [5.41, 5.74) is 0.509. The Morgan fingerprint density at radius 2 is 2.06 bits per heavy atom. The van der Waals surface area contributed by atoms with Gasteiger partial charge in [0.15, 0.2) is 0 Å². The molecule has 4 heteroatoms. The summed E-state index contributed by atoms with van der Waals surface area (Å²) in [5.74, 6) is -1.19. The molecule has 92 valence electrons. The summed E-state index contributed by atoms with van der Waals surface area (Å²) >= 11 is 0. The standard InChI is InChI=1S/C13H16FNO2/c1-8-6-10(11(14)7-12(8)16)13(17)15-9-4-2-3-5-9/h6-7,9,16H,2-5H2,1H3,(H,15,17). The van der Waals surface area contributed by atoms with E-state index in [1.807, 2.05) is 0 Å². The van der Waals surface area contributed by atoms with Crippen LogP contribution < -0.4 is 5.32 Å². The maximum atomic E-state index is 13.5. The van der Waals surface area contributed by atoms with Crippen LogP contribution in [0, 0.1) is 12.7 Å². The smallest absolute Gasteiger partial charge is 0.254 e. The lowest BCUT2D eigenvalue weighted by Gasteiger charge is -2.13. The van der Waals surface area contributed by atoms with E-state index >= 15 is 0 Å². The second-order valence-electron chi connectivity index (χ2n) is 4.57. The number of hydrogen-bond donors (Lipinski definition) is 2. The van der Waals surface area contributed by atoms with Crippen LogP contribution in [0.5, 0.6) is 5.75 Å². The molecule has 0 heterocycles. The average Bonchev–Trinajstić information content (AvgIpc) is 2.76. The molecule has 0 atom stereocenters. The van der Waals surface area contributed by atoms with Gasteiger partial charge in [-0.15, -0.1) is 0 Å². The molecule has 0 aliphatic heterocycles. The maximum absolute atomic E-state index is 13.5. The zero-order valence-electron chi connectivity index (χ0n) is 9.79. The molecule has 1 fully saturated rings. The van der Waals surface area contributed by atoms with Gasteiger partial charge in [-0.05, 0) is 31.4 Å². The van der Waals surface area contributed by atoms with E-state index < -0.39 is 11.7 Å². The maximum Gasteiger partial charge on any atom is 0.254 e.